The topological polar surface area (TPSA) is 52.8 Å². The van der Waals surface area contributed by atoms with Crippen LogP contribution in [-0.4, -0.2) is 16.5 Å². The minimum atomic E-state index is -0.0767. The number of imidazole rings is 1. The van der Waals surface area contributed by atoms with Gasteiger partial charge in [-0.05, 0) is 78.6 Å². The Hall–Kier alpha value is -2.68. The van der Waals surface area contributed by atoms with Crippen molar-refractivity contribution in [2.45, 2.75) is 20.5 Å². The molecule has 0 radical (unpaired) electrons. The predicted molar refractivity (Wildman–Crippen MR) is 144 cm³/mol. The van der Waals surface area contributed by atoms with Crippen molar-refractivity contribution < 1.29 is 9.47 Å². The van der Waals surface area contributed by atoms with Crippen molar-refractivity contribution in [2.75, 3.05) is 7.11 Å². The minimum Gasteiger partial charge on any atom is -0.493 e. The van der Waals surface area contributed by atoms with Gasteiger partial charge >= 0.3 is 0 Å². The van der Waals surface area contributed by atoms with Crippen LogP contribution in [0.4, 0.5) is 0 Å². The van der Waals surface area contributed by atoms with Gasteiger partial charge in [0.25, 0.3) is 5.56 Å². The molecule has 34 heavy (non-hydrogen) atoms. The molecule has 0 aliphatic heterocycles. The molecule has 5 nitrogen and oxygen atoms in total. The lowest BCUT2D eigenvalue weighted by Crippen LogP contribution is -2.22. The van der Waals surface area contributed by atoms with Gasteiger partial charge in [0, 0.05) is 8.95 Å². The number of nitrogens with zero attached hydrogens (tertiary/aromatic N) is 2. The molecule has 2 aromatic heterocycles. The van der Waals surface area contributed by atoms with Crippen molar-refractivity contribution >= 4 is 65.3 Å². The van der Waals surface area contributed by atoms with E-state index in [4.69, 9.17) is 9.47 Å². The van der Waals surface area contributed by atoms with E-state index < -0.39 is 0 Å². The highest BCUT2D eigenvalue weighted by Gasteiger charge is 2.14. The molecular weight excluding hydrogens is 580 g/mol. The van der Waals surface area contributed by atoms with Gasteiger partial charge < -0.3 is 9.47 Å². The van der Waals surface area contributed by atoms with Gasteiger partial charge in [0.1, 0.15) is 6.61 Å². The van der Waals surface area contributed by atoms with Gasteiger partial charge in [0.2, 0.25) is 0 Å². The van der Waals surface area contributed by atoms with E-state index in [2.05, 4.69) is 43.8 Å². The second kappa shape index (κ2) is 9.17. The Labute approximate surface area is 216 Å². The first-order chi connectivity index (χ1) is 16.3. The first-order valence-electron chi connectivity index (χ1n) is 10.5. The van der Waals surface area contributed by atoms with E-state index in [-0.39, 0.29) is 5.56 Å². The number of benzene rings is 3. The number of methoxy groups -OCH3 is 1. The number of ether oxygens (including phenoxy) is 2. The molecule has 5 aromatic rings. The largest absolute Gasteiger partial charge is 0.493 e. The number of rotatable bonds is 5. The van der Waals surface area contributed by atoms with E-state index in [1.165, 1.54) is 11.3 Å². The summed E-state index contributed by atoms with van der Waals surface area (Å²) in [7, 11) is 1.61. The Kier molecular flexibility index (Phi) is 6.22. The van der Waals surface area contributed by atoms with Gasteiger partial charge in [0.05, 0.1) is 22.7 Å². The molecule has 0 bridgehead atoms. The van der Waals surface area contributed by atoms with E-state index >= 15 is 0 Å². The van der Waals surface area contributed by atoms with Crippen LogP contribution < -0.4 is 19.6 Å². The zero-order valence-electron chi connectivity index (χ0n) is 18.7. The Morgan fingerprint density at radius 3 is 2.50 bits per heavy atom. The molecule has 2 heterocycles. The molecule has 0 saturated carbocycles. The second-order valence-electron chi connectivity index (χ2n) is 8.01. The first kappa shape index (κ1) is 23.1. The van der Waals surface area contributed by atoms with Crippen LogP contribution in [0.3, 0.4) is 0 Å². The average Bonchev–Trinajstić information content (AvgIpc) is 3.30. The maximum absolute atomic E-state index is 13.2. The van der Waals surface area contributed by atoms with Gasteiger partial charge in [0.15, 0.2) is 16.5 Å². The summed E-state index contributed by atoms with van der Waals surface area (Å²) >= 11 is 8.45. The van der Waals surface area contributed by atoms with Crippen LogP contribution in [-0.2, 0) is 6.61 Å². The third-order valence-corrected chi connectivity index (χ3v) is 7.92. The highest BCUT2D eigenvalue weighted by Crippen LogP contribution is 2.34. The number of halogens is 2. The third kappa shape index (κ3) is 4.26. The van der Waals surface area contributed by atoms with Crippen molar-refractivity contribution in [3.63, 3.8) is 0 Å². The lowest BCUT2D eigenvalue weighted by atomic mass is 10.1. The maximum Gasteiger partial charge on any atom is 0.274 e. The van der Waals surface area contributed by atoms with Crippen LogP contribution in [0, 0.1) is 13.8 Å². The van der Waals surface area contributed by atoms with E-state index in [1.807, 2.05) is 61.5 Å². The fourth-order valence-electron chi connectivity index (χ4n) is 3.74. The Balaban J connectivity index is 1.53. The number of hydrogen-bond donors (Lipinski definition) is 0. The fraction of sp³-hybridized carbons (Fsp3) is 0.154. The highest BCUT2D eigenvalue weighted by molar-refractivity contribution is 9.10. The molecule has 0 spiro atoms. The predicted octanol–water partition coefficient (Wildman–Crippen LogP) is 6.19. The standard InChI is InChI=1S/C26H20Br2N2O3S/c1-14-8-20-21(9-15(14)2)30-25(31)24(34-26(30)29-20)11-17-10-22(32-3)23(12-19(17)28)33-13-16-4-6-18(27)7-5-16/h4-12H,13H2,1-3H3/b24-11-. The van der Waals surface area contributed by atoms with Gasteiger partial charge in [-0.3, -0.25) is 4.79 Å². The summed E-state index contributed by atoms with van der Waals surface area (Å²) in [4.78, 5) is 18.6. The lowest BCUT2D eigenvalue weighted by molar-refractivity contribution is 0.284. The average molecular weight is 600 g/mol. The molecular formula is C26H20Br2N2O3S. The van der Waals surface area contributed by atoms with Crippen LogP contribution in [0.25, 0.3) is 22.1 Å². The molecule has 172 valence electrons. The van der Waals surface area contributed by atoms with E-state index in [0.717, 1.165) is 42.2 Å². The molecule has 0 N–H and O–H groups in total. The number of thiazole rings is 1. The van der Waals surface area contributed by atoms with Crippen LogP contribution in [0.1, 0.15) is 22.3 Å². The van der Waals surface area contributed by atoms with Gasteiger partial charge in [-0.25, -0.2) is 9.38 Å². The molecule has 5 rings (SSSR count). The monoisotopic (exact) mass is 598 g/mol. The van der Waals surface area contributed by atoms with Crippen molar-refractivity contribution in [3.05, 3.63) is 94.6 Å². The van der Waals surface area contributed by atoms with Crippen molar-refractivity contribution in [1.82, 2.24) is 9.38 Å². The molecule has 0 amide bonds. The van der Waals surface area contributed by atoms with Gasteiger partial charge in [-0.15, -0.1) is 0 Å². The fourth-order valence-corrected chi connectivity index (χ4v) is 5.41. The second-order valence-corrected chi connectivity index (χ2v) is 10.8. The molecule has 0 saturated heterocycles. The summed E-state index contributed by atoms with van der Waals surface area (Å²) in [5, 5.41) is 0. The van der Waals surface area contributed by atoms with Crippen LogP contribution in [0.2, 0.25) is 0 Å². The normalized spacial score (nSPS) is 12.1. The molecule has 0 fully saturated rings. The summed E-state index contributed by atoms with van der Waals surface area (Å²) in [5.74, 6) is 1.21. The summed E-state index contributed by atoms with van der Waals surface area (Å²) in [6, 6.07) is 15.8. The summed E-state index contributed by atoms with van der Waals surface area (Å²) in [5.41, 5.74) is 5.78. The first-order valence-corrected chi connectivity index (χ1v) is 12.9. The zero-order chi connectivity index (χ0) is 24.0. The molecule has 8 heteroatoms. The highest BCUT2D eigenvalue weighted by atomic mass is 79.9. The quantitative estimate of drug-likeness (QED) is 0.242. The SMILES string of the molecule is COc1cc(/C=c2\sc3nc4cc(C)c(C)cc4n3c2=O)c(Br)cc1OCc1ccc(Br)cc1. The van der Waals surface area contributed by atoms with Crippen molar-refractivity contribution in [1.29, 1.82) is 0 Å². The molecule has 3 aromatic carbocycles. The van der Waals surface area contributed by atoms with E-state index in [9.17, 15) is 4.79 Å². The lowest BCUT2D eigenvalue weighted by Gasteiger charge is -2.13. The summed E-state index contributed by atoms with van der Waals surface area (Å²) < 4.78 is 15.7. The number of aryl methyl sites for hydroxylation is 2. The van der Waals surface area contributed by atoms with Crippen LogP contribution in [0.15, 0.2) is 62.3 Å². The van der Waals surface area contributed by atoms with Crippen LogP contribution >= 0.6 is 43.2 Å². The van der Waals surface area contributed by atoms with Crippen LogP contribution in [0.5, 0.6) is 11.5 Å². The molecule has 0 aliphatic rings. The Morgan fingerprint density at radius 2 is 1.76 bits per heavy atom. The number of hydrogen-bond acceptors (Lipinski definition) is 5. The Morgan fingerprint density at radius 1 is 1.03 bits per heavy atom. The summed E-state index contributed by atoms with van der Waals surface area (Å²) in [6.07, 6.45) is 1.86. The number of aromatic nitrogens is 2. The summed E-state index contributed by atoms with van der Waals surface area (Å²) in [6.45, 7) is 4.51. The molecule has 0 aliphatic carbocycles. The smallest absolute Gasteiger partial charge is 0.274 e. The zero-order valence-corrected chi connectivity index (χ0v) is 22.7. The molecule has 0 unspecified atom stereocenters. The number of fused-ring (bicyclic) bond motifs is 3. The van der Waals surface area contributed by atoms with Crippen molar-refractivity contribution in [2.24, 2.45) is 0 Å². The minimum absolute atomic E-state index is 0.0767. The van der Waals surface area contributed by atoms with Gasteiger partial charge in [-0.1, -0.05) is 55.3 Å². The van der Waals surface area contributed by atoms with Gasteiger partial charge in [-0.2, -0.15) is 0 Å². The molecule has 0 atom stereocenters. The third-order valence-electron chi connectivity index (χ3n) is 5.73. The van der Waals surface area contributed by atoms with E-state index in [1.54, 1.807) is 11.5 Å². The van der Waals surface area contributed by atoms with Crippen molar-refractivity contribution in [3.8, 4) is 11.5 Å². The maximum atomic E-state index is 13.2. The van der Waals surface area contributed by atoms with E-state index in [0.29, 0.717) is 27.6 Å². The Bertz CT molecular complexity index is 1660.